The normalized spacial score (nSPS) is 14.6. The van der Waals surface area contributed by atoms with Crippen LogP contribution in [0, 0.1) is 0 Å². The summed E-state index contributed by atoms with van der Waals surface area (Å²) in [6, 6.07) is 17.1. The second kappa shape index (κ2) is 11.3. The fourth-order valence-electron chi connectivity index (χ4n) is 3.95. The lowest BCUT2D eigenvalue weighted by atomic mass is 10.1. The maximum absolute atomic E-state index is 13.5. The number of hydrogen-bond donors (Lipinski definition) is 1. The van der Waals surface area contributed by atoms with E-state index in [0.29, 0.717) is 17.9 Å². The van der Waals surface area contributed by atoms with Crippen LogP contribution in [0.5, 0.6) is 5.75 Å². The molecule has 2 aromatic carbocycles. The van der Waals surface area contributed by atoms with Crippen LogP contribution >= 0.6 is 0 Å². The van der Waals surface area contributed by atoms with Crippen LogP contribution in [0.3, 0.4) is 0 Å². The van der Waals surface area contributed by atoms with Crippen LogP contribution < -0.4 is 10.1 Å². The van der Waals surface area contributed by atoms with Gasteiger partial charge in [0.1, 0.15) is 5.75 Å². The van der Waals surface area contributed by atoms with Crippen molar-refractivity contribution in [1.82, 2.24) is 15.1 Å². The Hall–Kier alpha value is -4.12. The van der Waals surface area contributed by atoms with Crippen molar-refractivity contribution in [2.75, 3.05) is 32.8 Å². The number of benzene rings is 2. The first kappa shape index (κ1) is 26.0. The summed E-state index contributed by atoms with van der Waals surface area (Å²) in [5.74, 6) is -1.26. The third kappa shape index (κ3) is 5.83. The average molecular weight is 526 g/mol. The molecule has 4 rings (SSSR count). The lowest BCUT2D eigenvalue weighted by Gasteiger charge is -2.36. The fourth-order valence-corrected chi connectivity index (χ4v) is 5.44. The number of amides is 3. The second-order valence-electron chi connectivity index (χ2n) is 8.26. The first-order valence-electron chi connectivity index (χ1n) is 11.8. The van der Waals surface area contributed by atoms with Crippen molar-refractivity contribution in [3.63, 3.8) is 0 Å². The Morgan fingerprint density at radius 3 is 2.16 bits per heavy atom. The van der Waals surface area contributed by atoms with Crippen LogP contribution in [0.4, 0.5) is 0 Å². The van der Waals surface area contributed by atoms with Gasteiger partial charge in [-0.05, 0) is 55.5 Å². The molecule has 194 valence electrons. The Balaban J connectivity index is 1.48. The van der Waals surface area contributed by atoms with E-state index in [1.54, 1.807) is 35.2 Å². The van der Waals surface area contributed by atoms with Crippen molar-refractivity contribution in [2.45, 2.75) is 17.2 Å². The van der Waals surface area contributed by atoms with Gasteiger partial charge in [-0.1, -0.05) is 18.2 Å². The maximum Gasteiger partial charge on any atom is 0.288 e. The lowest BCUT2D eigenvalue weighted by molar-refractivity contribution is -0.132. The number of nitrogens with zero attached hydrogens (tertiary/aromatic N) is 2. The van der Waals surface area contributed by atoms with Gasteiger partial charge < -0.3 is 24.3 Å². The predicted octanol–water partition coefficient (Wildman–Crippen LogP) is 2.19. The molecule has 0 bridgehead atoms. The van der Waals surface area contributed by atoms with Gasteiger partial charge in [0.05, 0.1) is 17.8 Å². The first-order chi connectivity index (χ1) is 17.8. The highest BCUT2D eigenvalue weighted by molar-refractivity contribution is 7.92. The van der Waals surface area contributed by atoms with E-state index >= 15 is 0 Å². The zero-order valence-corrected chi connectivity index (χ0v) is 21.0. The molecule has 1 atom stereocenters. The fraction of sp³-hybridized carbons (Fsp3) is 0.269. The molecule has 1 aliphatic heterocycles. The van der Waals surface area contributed by atoms with Crippen molar-refractivity contribution >= 4 is 27.6 Å². The minimum atomic E-state index is -4.27. The SMILES string of the molecule is CCOc1ccc(C(=O)N2CCN(C(=O)[C@H](NC(=O)c3ccco3)S(=O)(=O)c3ccccc3)CC2)cc1. The van der Waals surface area contributed by atoms with E-state index in [0.717, 1.165) is 0 Å². The van der Waals surface area contributed by atoms with Gasteiger partial charge in [-0.2, -0.15) is 0 Å². The van der Waals surface area contributed by atoms with Crippen LogP contribution in [0.15, 0.2) is 82.3 Å². The number of sulfone groups is 1. The van der Waals surface area contributed by atoms with Gasteiger partial charge in [0.2, 0.25) is 15.2 Å². The molecule has 2 heterocycles. The van der Waals surface area contributed by atoms with E-state index in [1.165, 1.54) is 47.6 Å². The highest BCUT2D eigenvalue weighted by Gasteiger charge is 2.40. The van der Waals surface area contributed by atoms with Gasteiger partial charge in [-0.3, -0.25) is 14.4 Å². The minimum Gasteiger partial charge on any atom is -0.494 e. The molecule has 0 aliphatic carbocycles. The molecular weight excluding hydrogens is 498 g/mol. The summed E-state index contributed by atoms with van der Waals surface area (Å²) < 4.78 is 37.2. The summed E-state index contributed by atoms with van der Waals surface area (Å²) in [6.45, 7) is 3.03. The standard InChI is InChI=1S/C26H27N3O7S/c1-2-35-20-12-10-19(11-13-20)25(31)28-14-16-29(17-15-28)26(32)24(27-23(30)22-9-6-18-36-22)37(33,34)21-7-4-3-5-8-21/h3-13,18,24H,2,14-17H2,1H3,(H,27,30)/t24-/m1/s1. The molecule has 3 amide bonds. The largest absolute Gasteiger partial charge is 0.494 e. The number of ether oxygens (including phenoxy) is 1. The topological polar surface area (TPSA) is 126 Å². The molecule has 1 aliphatic rings. The molecule has 0 spiro atoms. The zero-order chi connectivity index (χ0) is 26.4. The lowest BCUT2D eigenvalue weighted by Crippen LogP contribution is -2.57. The number of piperazine rings is 1. The molecule has 10 nitrogen and oxygen atoms in total. The molecule has 3 aromatic rings. The first-order valence-corrected chi connectivity index (χ1v) is 13.3. The number of carbonyl (C=O) groups is 3. The molecule has 1 saturated heterocycles. The van der Waals surface area contributed by atoms with Crippen molar-refractivity contribution in [3.05, 3.63) is 84.3 Å². The smallest absolute Gasteiger partial charge is 0.288 e. The van der Waals surface area contributed by atoms with E-state index in [4.69, 9.17) is 9.15 Å². The van der Waals surface area contributed by atoms with Crippen LogP contribution in [-0.4, -0.2) is 74.1 Å². The zero-order valence-electron chi connectivity index (χ0n) is 20.2. The molecule has 37 heavy (non-hydrogen) atoms. The van der Waals surface area contributed by atoms with Gasteiger partial charge in [0.15, 0.2) is 5.76 Å². The summed E-state index contributed by atoms with van der Waals surface area (Å²) in [5, 5.41) is 0.466. The number of rotatable bonds is 8. The van der Waals surface area contributed by atoms with E-state index in [2.05, 4.69) is 5.32 Å². The van der Waals surface area contributed by atoms with Crippen molar-refractivity contribution in [3.8, 4) is 5.75 Å². The number of furan rings is 1. The van der Waals surface area contributed by atoms with Crippen LogP contribution in [0.25, 0.3) is 0 Å². The number of carbonyl (C=O) groups excluding carboxylic acids is 3. The van der Waals surface area contributed by atoms with E-state index < -0.39 is 27.0 Å². The molecule has 11 heteroatoms. The molecule has 0 radical (unpaired) electrons. The monoisotopic (exact) mass is 525 g/mol. The van der Waals surface area contributed by atoms with Gasteiger partial charge in [0.25, 0.3) is 17.7 Å². The van der Waals surface area contributed by atoms with E-state index in [-0.39, 0.29) is 42.7 Å². The number of hydrogen-bond acceptors (Lipinski definition) is 7. The summed E-state index contributed by atoms with van der Waals surface area (Å²) >= 11 is 0. The average Bonchev–Trinajstić information content (AvgIpc) is 3.47. The third-order valence-corrected chi connectivity index (χ3v) is 7.77. The molecule has 1 fully saturated rings. The van der Waals surface area contributed by atoms with Crippen LogP contribution in [0.2, 0.25) is 0 Å². The van der Waals surface area contributed by atoms with Gasteiger partial charge >= 0.3 is 0 Å². The van der Waals surface area contributed by atoms with Crippen molar-refractivity contribution in [2.24, 2.45) is 0 Å². The highest BCUT2D eigenvalue weighted by Crippen LogP contribution is 2.19. The van der Waals surface area contributed by atoms with Gasteiger partial charge in [-0.15, -0.1) is 0 Å². The molecule has 1 aromatic heterocycles. The summed E-state index contributed by atoms with van der Waals surface area (Å²) in [6.07, 6.45) is 1.28. The summed E-state index contributed by atoms with van der Waals surface area (Å²) in [7, 11) is -4.27. The maximum atomic E-state index is 13.5. The Morgan fingerprint density at radius 1 is 0.919 bits per heavy atom. The quantitative estimate of drug-likeness (QED) is 0.478. The minimum absolute atomic E-state index is 0.0996. The molecule has 0 unspecified atom stereocenters. The molecule has 0 saturated carbocycles. The summed E-state index contributed by atoms with van der Waals surface area (Å²) in [5.41, 5.74) is 0.485. The highest BCUT2D eigenvalue weighted by atomic mass is 32.2. The summed E-state index contributed by atoms with van der Waals surface area (Å²) in [4.78, 5) is 41.9. The Labute approximate surface area is 214 Å². The van der Waals surface area contributed by atoms with Crippen molar-refractivity contribution in [1.29, 1.82) is 0 Å². The van der Waals surface area contributed by atoms with E-state index in [1.807, 2.05) is 6.92 Å². The Kier molecular flexibility index (Phi) is 7.92. The molecule has 1 N–H and O–H groups in total. The van der Waals surface area contributed by atoms with E-state index in [9.17, 15) is 22.8 Å². The predicted molar refractivity (Wildman–Crippen MR) is 134 cm³/mol. The third-order valence-electron chi connectivity index (χ3n) is 5.90. The number of nitrogens with one attached hydrogen (secondary N) is 1. The van der Waals surface area contributed by atoms with Gasteiger partial charge in [0, 0.05) is 31.7 Å². The second-order valence-corrected chi connectivity index (χ2v) is 10.3. The Morgan fingerprint density at radius 2 is 1.57 bits per heavy atom. The van der Waals surface area contributed by atoms with Crippen LogP contribution in [0.1, 0.15) is 27.8 Å². The van der Waals surface area contributed by atoms with Gasteiger partial charge in [-0.25, -0.2) is 8.42 Å². The Bertz CT molecular complexity index is 1330. The molecular formula is C26H27N3O7S. The van der Waals surface area contributed by atoms with Crippen LogP contribution in [-0.2, 0) is 14.6 Å². The van der Waals surface area contributed by atoms with Crippen molar-refractivity contribution < 1.29 is 32.0 Å².